The van der Waals surface area contributed by atoms with E-state index in [4.69, 9.17) is 22.2 Å². The van der Waals surface area contributed by atoms with E-state index in [1.54, 1.807) is 13.3 Å². The number of hydrazine groups is 1. The monoisotopic (exact) mass is 300 g/mol. The van der Waals surface area contributed by atoms with Gasteiger partial charge in [-0.05, 0) is 19.3 Å². The van der Waals surface area contributed by atoms with Crippen molar-refractivity contribution in [2.75, 3.05) is 7.11 Å². The molecule has 1 atom stereocenters. The summed E-state index contributed by atoms with van der Waals surface area (Å²) in [5.74, 6) is 5.86. The number of aryl methyl sites for hydroxylation is 1. The summed E-state index contributed by atoms with van der Waals surface area (Å²) in [7, 11) is 1.77. The van der Waals surface area contributed by atoms with Gasteiger partial charge < -0.3 is 4.74 Å². The van der Waals surface area contributed by atoms with Gasteiger partial charge in [-0.25, -0.2) is 5.43 Å². The van der Waals surface area contributed by atoms with Crippen molar-refractivity contribution in [3.63, 3.8) is 0 Å². The summed E-state index contributed by atoms with van der Waals surface area (Å²) < 4.78 is 7.85. The van der Waals surface area contributed by atoms with Gasteiger partial charge in [-0.1, -0.05) is 37.8 Å². The first kappa shape index (κ1) is 15.8. The average Bonchev–Trinajstić information content (AvgIpc) is 2.83. The maximum absolute atomic E-state index is 6.36. The molecule has 5 nitrogen and oxygen atoms in total. The Kier molecular flexibility index (Phi) is 5.43. The van der Waals surface area contributed by atoms with Crippen LogP contribution in [-0.4, -0.2) is 22.5 Å². The number of ether oxygens (including phenoxy) is 1. The summed E-state index contributed by atoms with van der Waals surface area (Å²) in [4.78, 5) is 0. The topological polar surface area (TPSA) is 65.1 Å². The lowest BCUT2D eigenvalue weighted by Gasteiger charge is -2.42. The number of nitrogens with zero attached hydrogens (tertiary/aromatic N) is 2. The van der Waals surface area contributed by atoms with Gasteiger partial charge in [-0.15, -0.1) is 0 Å². The van der Waals surface area contributed by atoms with Gasteiger partial charge in [0.25, 0.3) is 0 Å². The minimum absolute atomic E-state index is 0.130. The molecule has 1 aromatic heterocycles. The predicted molar refractivity (Wildman–Crippen MR) is 80.4 cm³/mol. The number of hydrogen-bond donors (Lipinski definition) is 2. The van der Waals surface area contributed by atoms with Crippen LogP contribution in [0.2, 0.25) is 5.02 Å². The minimum atomic E-state index is -0.290. The molecular weight excluding hydrogens is 276 g/mol. The number of aromatic nitrogens is 2. The first-order valence-electron chi connectivity index (χ1n) is 7.41. The molecule has 1 heterocycles. The third kappa shape index (κ3) is 2.86. The van der Waals surface area contributed by atoms with Gasteiger partial charge in [0.05, 0.1) is 28.6 Å². The lowest BCUT2D eigenvalue weighted by atomic mass is 9.78. The highest BCUT2D eigenvalue weighted by atomic mass is 35.5. The molecule has 20 heavy (non-hydrogen) atoms. The zero-order chi connectivity index (χ0) is 14.6. The molecule has 0 radical (unpaired) electrons. The Labute approximate surface area is 125 Å². The van der Waals surface area contributed by atoms with Crippen molar-refractivity contribution >= 4 is 11.6 Å². The first-order chi connectivity index (χ1) is 9.68. The summed E-state index contributed by atoms with van der Waals surface area (Å²) in [6.07, 6.45) is 8.25. The maximum atomic E-state index is 6.36. The lowest BCUT2D eigenvalue weighted by molar-refractivity contribution is -0.0707. The highest BCUT2D eigenvalue weighted by Crippen LogP contribution is 2.42. The van der Waals surface area contributed by atoms with Gasteiger partial charge in [0, 0.05) is 13.7 Å². The second-order valence-electron chi connectivity index (χ2n) is 5.53. The SMILES string of the molecule is CCCn1ncc(Cl)c1C(NN)C1(OC)CCCCC1. The molecule has 0 amide bonds. The van der Waals surface area contributed by atoms with E-state index in [1.807, 2.05) is 4.68 Å². The Balaban J connectivity index is 2.37. The van der Waals surface area contributed by atoms with E-state index in [1.165, 1.54) is 6.42 Å². The number of hydrogen-bond acceptors (Lipinski definition) is 4. The summed E-state index contributed by atoms with van der Waals surface area (Å²) in [5.41, 5.74) is 3.59. The zero-order valence-electron chi connectivity index (χ0n) is 12.4. The van der Waals surface area contributed by atoms with E-state index in [2.05, 4.69) is 17.4 Å². The molecule has 1 aliphatic rings. The Morgan fingerprint density at radius 2 is 2.20 bits per heavy atom. The van der Waals surface area contributed by atoms with Crippen LogP contribution < -0.4 is 11.3 Å². The largest absolute Gasteiger partial charge is 0.376 e. The van der Waals surface area contributed by atoms with Crippen LogP contribution in [0, 0.1) is 0 Å². The summed E-state index contributed by atoms with van der Waals surface area (Å²) in [6.45, 7) is 2.96. The van der Waals surface area contributed by atoms with Gasteiger partial charge in [-0.3, -0.25) is 10.5 Å². The second kappa shape index (κ2) is 6.89. The van der Waals surface area contributed by atoms with Crippen molar-refractivity contribution in [2.24, 2.45) is 5.84 Å². The van der Waals surface area contributed by atoms with Crippen molar-refractivity contribution in [2.45, 2.75) is 63.6 Å². The van der Waals surface area contributed by atoms with Crippen LogP contribution in [0.5, 0.6) is 0 Å². The Hall–Kier alpha value is -0.620. The lowest BCUT2D eigenvalue weighted by Crippen LogP contribution is -2.50. The Morgan fingerprint density at radius 1 is 1.50 bits per heavy atom. The molecule has 2 rings (SSSR count). The van der Waals surface area contributed by atoms with Crippen molar-refractivity contribution in [3.8, 4) is 0 Å². The van der Waals surface area contributed by atoms with Crippen LogP contribution in [0.1, 0.15) is 57.2 Å². The molecule has 1 aromatic rings. The minimum Gasteiger partial charge on any atom is -0.376 e. The second-order valence-corrected chi connectivity index (χ2v) is 5.94. The van der Waals surface area contributed by atoms with Gasteiger partial charge in [-0.2, -0.15) is 5.10 Å². The number of methoxy groups -OCH3 is 1. The first-order valence-corrected chi connectivity index (χ1v) is 7.78. The van der Waals surface area contributed by atoms with E-state index < -0.39 is 0 Å². The third-order valence-corrected chi connectivity index (χ3v) is 4.63. The molecule has 0 saturated heterocycles. The molecule has 6 heteroatoms. The molecule has 1 fully saturated rings. The van der Waals surface area contributed by atoms with Crippen LogP contribution >= 0.6 is 11.6 Å². The van der Waals surface area contributed by atoms with E-state index in [0.717, 1.165) is 44.3 Å². The highest BCUT2D eigenvalue weighted by Gasteiger charge is 2.43. The quantitative estimate of drug-likeness (QED) is 0.626. The fraction of sp³-hybridized carbons (Fsp3) is 0.786. The normalized spacial score (nSPS) is 20.0. The average molecular weight is 301 g/mol. The molecule has 114 valence electrons. The standard InChI is InChI=1S/C14H25ClN4O/c1-3-9-19-12(11(15)10-17-19)13(18-16)14(20-2)7-5-4-6-8-14/h10,13,18H,3-9,16H2,1-2H3. The molecule has 0 bridgehead atoms. The molecule has 1 saturated carbocycles. The van der Waals surface area contributed by atoms with E-state index in [0.29, 0.717) is 5.02 Å². The van der Waals surface area contributed by atoms with Crippen molar-refractivity contribution in [3.05, 3.63) is 16.9 Å². The molecule has 0 spiro atoms. The fourth-order valence-corrected chi connectivity index (χ4v) is 3.54. The van der Waals surface area contributed by atoms with Gasteiger partial charge >= 0.3 is 0 Å². The number of nitrogens with two attached hydrogens (primary N) is 1. The van der Waals surface area contributed by atoms with Gasteiger partial charge in [0.15, 0.2) is 0 Å². The highest BCUT2D eigenvalue weighted by molar-refractivity contribution is 6.31. The molecule has 0 aromatic carbocycles. The van der Waals surface area contributed by atoms with Crippen LogP contribution in [0.4, 0.5) is 0 Å². The van der Waals surface area contributed by atoms with E-state index in [9.17, 15) is 0 Å². The van der Waals surface area contributed by atoms with Crippen LogP contribution in [-0.2, 0) is 11.3 Å². The molecule has 0 aliphatic heterocycles. The van der Waals surface area contributed by atoms with Crippen LogP contribution in [0.15, 0.2) is 6.20 Å². The van der Waals surface area contributed by atoms with E-state index >= 15 is 0 Å². The van der Waals surface area contributed by atoms with Gasteiger partial charge in [0.1, 0.15) is 0 Å². The number of rotatable bonds is 6. The summed E-state index contributed by atoms with van der Waals surface area (Å²) in [5, 5.41) is 5.02. The summed E-state index contributed by atoms with van der Waals surface area (Å²) in [6, 6.07) is -0.130. The predicted octanol–water partition coefficient (Wildman–Crippen LogP) is 2.80. The zero-order valence-corrected chi connectivity index (χ0v) is 13.1. The van der Waals surface area contributed by atoms with Crippen LogP contribution in [0.3, 0.4) is 0 Å². The van der Waals surface area contributed by atoms with E-state index in [-0.39, 0.29) is 11.6 Å². The molecule has 1 unspecified atom stereocenters. The maximum Gasteiger partial charge on any atom is 0.0933 e. The fourth-order valence-electron chi connectivity index (χ4n) is 3.29. The van der Waals surface area contributed by atoms with Crippen molar-refractivity contribution < 1.29 is 4.74 Å². The van der Waals surface area contributed by atoms with Crippen LogP contribution in [0.25, 0.3) is 0 Å². The summed E-state index contributed by atoms with van der Waals surface area (Å²) >= 11 is 6.36. The molecule has 3 N–H and O–H groups in total. The third-order valence-electron chi connectivity index (χ3n) is 4.34. The Morgan fingerprint density at radius 3 is 2.75 bits per heavy atom. The number of nitrogens with one attached hydrogen (secondary N) is 1. The van der Waals surface area contributed by atoms with Crippen molar-refractivity contribution in [1.82, 2.24) is 15.2 Å². The Bertz CT molecular complexity index is 429. The smallest absolute Gasteiger partial charge is 0.0933 e. The molecular formula is C14H25ClN4O. The van der Waals surface area contributed by atoms with Gasteiger partial charge in [0.2, 0.25) is 0 Å². The molecule has 1 aliphatic carbocycles. The van der Waals surface area contributed by atoms with Crippen molar-refractivity contribution in [1.29, 1.82) is 0 Å². The number of halogens is 1.